The summed E-state index contributed by atoms with van der Waals surface area (Å²) < 4.78 is 61.2. The summed E-state index contributed by atoms with van der Waals surface area (Å²) in [6.07, 6.45) is 4.22. The maximum Gasteiger partial charge on any atom is 0.465 e. The highest BCUT2D eigenvalue weighted by atomic mass is 32.2. The number of esters is 1. The molecule has 1 aliphatic carbocycles. The normalized spacial score (nSPS) is 22.6. The number of nitrogens with zero attached hydrogens (tertiary/aromatic N) is 2. The fourth-order valence-corrected chi connectivity index (χ4v) is 2.61. The van der Waals surface area contributed by atoms with Gasteiger partial charge in [-0.2, -0.15) is 17.2 Å². The summed E-state index contributed by atoms with van der Waals surface area (Å²) in [6.45, 7) is 0. The first-order valence-electron chi connectivity index (χ1n) is 6.71. The number of carbonyl (C=O) groups excluding carboxylic acids is 2. The van der Waals surface area contributed by atoms with E-state index in [2.05, 4.69) is 9.72 Å². The van der Waals surface area contributed by atoms with Gasteiger partial charge in [0, 0.05) is 18.3 Å². The van der Waals surface area contributed by atoms with Crippen LogP contribution in [0.5, 0.6) is 0 Å². The van der Waals surface area contributed by atoms with E-state index in [4.69, 9.17) is 4.55 Å². The van der Waals surface area contributed by atoms with E-state index in [0.717, 1.165) is 0 Å². The van der Waals surface area contributed by atoms with Gasteiger partial charge < -0.3 is 4.74 Å². The van der Waals surface area contributed by atoms with Gasteiger partial charge in [-0.25, -0.2) is 9.78 Å². The lowest BCUT2D eigenvalue weighted by molar-refractivity contribution is -0.168. The van der Waals surface area contributed by atoms with Crippen molar-refractivity contribution in [2.24, 2.45) is 5.92 Å². The molecule has 1 aliphatic rings. The Bertz CT molecular complexity index is 680. The number of ether oxygens (including phenoxy) is 1. The molecule has 128 valence electrons. The van der Waals surface area contributed by atoms with Gasteiger partial charge in [0.05, 0.1) is 0 Å². The third kappa shape index (κ3) is 3.72. The van der Waals surface area contributed by atoms with Gasteiger partial charge in [0.25, 0.3) is 0 Å². The maximum absolute atomic E-state index is 13.1. The topological polar surface area (TPSA) is 116 Å². The number of carbonyl (C=O) groups is 2. The van der Waals surface area contributed by atoms with E-state index in [-0.39, 0.29) is 24.7 Å². The quantitative estimate of drug-likeness (QED) is 0.637. The first-order valence-corrected chi connectivity index (χ1v) is 8.15. The van der Waals surface area contributed by atoms with Crippen molar-refractivity contribution in [1.82, 2.24) is 9.55 Å². The Hall–Kier alpha value is -1.88. The number of hydrogen-bond acceptors (Lipinski definition) is 6. The molecule has 0 bridgehead atoms. The highest BCUT2D eigenvalue weighted by Gasteiger charge is 2.54. The number of aromatic nitrogens is 2. The van der Waals surface area contributed by atoms with Crippen molar-refractivity contribution in [1.29, 1.82) is 0 Å². The van der Waals surface area contributed by atoms with Crippen molar-refractivity contribution < 1.29 is 36.1 Å². The molecule has 0 amide bonds. The van der Waals surface area contributed by atoms with Crippen LogP contribution >= 0.6 is 0 Å². The Morgan fingerprint density at radius 2 is 1.87 bits per heavy atom. The van der Waals surface area contributed by atoms with E-state index in [0.29, 0.717) is 12.8 Å². The molecular weight excluding hydrogens is 338 g/mol. The summed E-state index contributed by atoms with van der Waals surface area (Å²) in [5.41, 5.74) is 0. The fraction of sp³-hybridized carbons (Fsp3) is 0.583. The predicted molar refractivity (Wildman–Crippen MR) is 71.2 cm³/mol. The summed E-state index contributed by atoms with van der Waals surface area (Å²) >= 11 is 0. The molecule has 1 heterocycles. The van der Waals surface area contributed by atoms with Gasteiger partial charge in [0.2, 0.25) is 5.91 Å². The SMILES string of the molecule is O=C(C1CCC(OC(=O)C(F)(F)S(=O)(=O)O)CC1)n1ccnc1. The van der Waals surface area contributed by atoms with E-state index in [1.807, 2.05) is 0 Å². The highest BCUT2D eigenvalue weighted by Crippen LogP contribution is 2.30. The van der Waals surface area contributed by atoms with Gasteiger partial charge in [0.1, 0.15) is 12.4 Å². The lowest BCUT2D eigenvalue weighted by Gasteiger charge is -2.28. The van der Waals surface area contributed by atoms with Crippen molar-refractivity contribution in [2.45, 2.75) is 37.0 Å². The van der Waals surface area contributed by atoms with Crippen LogP contribution in [0.2, 0.25) is 0 Å². The largest absolute Gasteiger partial charge is 0.465 e. The molecule has 0 aromatic carbocycles. The van der Waals surface area contributed by atoms with Gasteiger partial charge in [-0.3, -0.25) is 13.9 Å². The average Bonchev–Trinajstić information content (AvgIpc) is 3.00. The zero-order chi connectivity index (χ0) is 17.3. The first-order chi connectivity index (χ1) is 10.6. The molecule has 2 rings (SSSR count). The van der Waals surface area contributed by atoms with Crippen LogP contribution in [0.1, 0.15) is 30.5 Å². The summed E-state index contributed by atoms with van der Waals surface area (Å²) in [4.78, 5) is 27.0. The summed E-state index contributed by atoms with van der Waals surface area (Å²) in [6, 6.07) is 0. The van der Waals surface area contributed by atoms with Crippen molar-refractivity contribution in [3.05, 3.63) is 18.7 Å². The number of imidazole rings is 1. The minimum atomic E-state index is -5.88. The van der Waals surface area contributed by atoms with Gasteiger partial charge in [-0.1, -0.05) is 0 Å². The molecule has 0 radical (unpaired) electrons. The number of rotatable bonds is 4. The third-order valence-corrected chi connectivity index (χ3v) is 4.43. The number of halogens is 2. The predicted octanol–water partition coefficient (Wildman–Crippen LogP) is 1.11. The minimum absolute atomic E-state index is 0.137. The third-order valence-electron chi connectivity index (χ3n) is 3.62. The van der Waals surface area contributed by atoms with Crippen LogP contribution < -0.4 is 0 Å². The van der Waals surface area contributed by atoms with Crippen molar-refractivity contribution in [2.75, 3.05) is 0 Å². The highest BCUT2D eigenvalue weighted by molar-refractivity contribution is 7.87. The van der Waals surface area contributed by atoms with Crippen molar-refractivity contribution in [3.63, 3.8) is 0 Å². The average molecular weight is 352 g/mol. The molecule has 0 saturated heterocycles. The molecule has 0 spiro atoms. The van der Waals surface area contributed by atoms with Crippen LogP contribution in [0.15, 0.2) is 18.7 Å². The van der Waals surface area contributed by atoms with E-state index >= 15 is 0 Å². The molecule has 8 nitrogen and oxygen atoms in total. The standard InChI is InChI=1S/C12H14F2N2O6S/c13-12(14,23(19,20)21)11(18)22-9-3-1-8(2-4-9)10(17)16-6-5-15-7-16/h5-9H,1-4H2,(H,19,20,21). The zero-order valence-corrected chi connectivity index (χ0v) is 12.6. The monoisotopic (exact) mass is 352 g/mol. The molecule has 0 aliphatic heterocycles. The first kappa shape index (κ1) is 17.5. The van der Waals surface area contributed by atoms with Gasteiger partial charge in [-0.15, -0.1) is 0 Å². The number of alkyl halides is 2. The smallest absolute Gasteiger partial charge is 0.457 e. The zero-order valence-electron chi connectivity index (χ0n) is 11.8. The Labute approximate surface area is 130 Å². The van der Waals surface area contributed by atoms with Crippen LogP contribution in [0.3, 0.4) is 0 Å². The molecule has 1 fully saturated rings. The Kier molecular flexibility index (Phi) is 4.80. The van der Waals surface area contributed by atoms with Crippen LogP contribution in [0.25, 0.3) is 0 Å². The molecule has 1 aromatic rings. The Morgan fingerprint density at radius 3 is 2.35 bits per heavy atom. The molecule has 0 unspecified atom stereocenters. The Balaban J connectivity index is 1.90. The van der Waals surface area contributed by atoms with Crippen molar-refractivity contribution in [3.8, 4) is 0 Å². The summed E-state index contributed by atoms with van der Waals surface area (Å²) in [7, 11) is -5.88. The van der Waals surface area contributed by atoms with E-state index in [9.17, 15) is 26.8 Å². The summed E-state index contributed by atoms with van der Waals surface area (Å²) in [5.74, 6) is -2.87. The van der Waals surface area contributed by atoms with Crippen LogP contribution in [-0.4, -0.2) is 45.8 Å². The molecule has 23 heavy (non-hydrogen) atoms. The second-order valence-electron chi connectivity index (χ2n) is 5.18. The van der Waals surface area contributed by atoms with E-state index in [1.165, 1.54) is 23.3 Å². The maximum atomic E-state index is 13.1. The lowest BCUT2D eigenvalue weighted by Crippen LogP contribution is -2.41. The van der Waals surface area contributed by atoms with Crippen LogP contribution in [0.4, 0.5) is 8.78 Å². The summed E-state index contributed by atoms with van der Waals surface area (Å²) in [5, 5.41) is -5.00. The van der Waals surface area contributed by atoms with Gasteiger partial charge in [-0.05, 0) is 25.7 Å². The fourth-order valence-electron chi connectivity index (χ4n) is 2.35. The second kappa shape index (κ2) is 6.32. The lowest BCUT2D eigenvalue weighted by atomic mass is 9.86. The second-order valence-corrected chi connectivity index (χ2v) is 6.64. The van der Waals surface area contributed by atoms with Crippen molar-refractivity contribution >= 4 is 22.0 Å². The minimum Gasteiger partial charge on any atom is -0.457 e. The Morgan fingerprint density at radius 1 is 1.26 bits per heavy atom. The molecule has 1 N–H and O–H groups in total. The number of hydrogen-bond donors (Lipinski definition) is 1. The molecule has 11 heteroatoms. The molecule has 1 aromatic heterocycles. The van der Waals surface area contributed by atoms with Gasteiger partial charge >= 0.3 is 21.3 Å². The molecule has 0 atom stereocenters. The molecular formula is C12H14F2N2O6S. The van der Waals surface area contributed by atoms with E-state index < -0.39 is 27.4 Å². The van der Waals surface area contributed by atoms with E-state index in [1.54, 1.807) is 0 Å². The van der Waals surface area contributed by atoms with Crippen LogP contribution in [0, 0.1) is 5.92 Å². The van der Waals surface area contributed by atoms with Gasteiger partial charge in [0.15, 0.2) is 0 Å². The molecule has 1 saturated carbocycles. The van der Waals surface area contributed by atoms with Crippen LogP contribution in [-0.2, 0) is 19.6 Å².